The van der Waals surface area contributed by atoms with E-state index in [1.807, 2.05) is 67.0 Å². The van der Waals surface area contributed by atoms with Crippen LogP contribution in [0, 0.1) is 19.0 Å². The fourth-order valence-corrected chi connectivity index (χ4v) is 8.06. The van der Waals surface area contributed by atoms with E-state index in [0.717, 1.165) is 55.6 Å². The zero-order valence-corrected chi connectivity index (χ0v) is 35.8. The fourth-order valence-electron chi connectivity index (χ4n) is 7.02. The molecule has 5 heteroatoms. The summed E-state index contributed by atoms with van der Waals surface area (Å²) in [6.07, 6.45) is 3.82. The molecule has 0 aliphatic rings. The Morgan fingerprint density at radius 3 is 2.05 bits per heavy atom. The number of nitrogens with zero attached hydrogens (tertiary/aromatic N) is 2. The van der Waals surface area contributed by atoms with Gasteiger partial charge in [0.05, 0.1) is 13.7 Å². The van der Waals surface area contributed by atoms with Crippen molar-refractivity contribution in [1.82, 2.24) is 9.97 Å². The Bertz CT molecular complexity index is 2860. The SMILES string of the molecule is CC(c1ccccc1)c1ccnc(-c2[c-]ccc3c2oc2cc(-c4ccccc4)ccc23)c1.[2H]C([2H])([2H])c1c[c-]c(-c2ccc([Si](C)(C)C)cn2)cc1-c1ccccc1.[Ir]. The smallest absolute Gasteiger partial charge is 0.121 e. The van der Waals surface area contributed by atoms with Crippen molar-refractivity contribution < 1.29 is 28.6 Å². The first-order chi connectivity index (χ1) is 28.4. The molecule has 6 aromatic carbocycles. The van der Waals surface area contributed by atoms with Gasteiger partial charge in [-0.25, -0.2) is 0 Å². The van der Waals surface area contributed by atoms with Crippen LogP contribution in [0.15, 0.2) is 175 Å². The van der Waals surface area contributed by atoms with Crippen LogP contribution in [0.3, 0.4) is 0 Å². The molecule has 0 N–H and O–H groups in total. The number of rotatable bonds is 7. The molecule has 0 aliphatic heterocycles. The molecule has 3 nitrogen and oxygen atoms in total. The average molecular weight is 936 g/mol. The third kappa shape index (κ3) is 8.67. The Morgan fingerprint density at radius 2 is 1.37 bits per heavy atom. The molecule has 0 bridgehead atoms. The standard InChI is InChI=1S/C31H22NO.C21H22NSi.Ir/c1-21(22-9-4-2-5-10-22)24-17-18-32-29(19-24)28-14-8-13-27-26-16-15-25(20-30(26)33-31(27)28)23-11-6-3-7-12-23;1-16-10-11-18(14-20(16)17-8-6-5-7-9-17)21-13-12-19(15-22-21)23(2,3)4;/h2-13,15-21H,1H3;5-10,12-15H,1-4H3;/q2*-1;/i;1D3;. The van der Waals surface area contributed by atoms with Crippen LogP contribution in [0.1, 0.15) is 33.6 Å². The van der Waals surface area contributed by atoms with E-state index in [-0.39, 0.29) is 26.0 Å². The first-order valence-corrected chi connectivity index (χ1v) is 22.5. The van der Waals surface area contributed by atoms with E-state index in [1.54, 1.807) is 6.07 Å². The number of aromatic nitrogens is 2. The van der Waals surface area contributed by atoms with E-state index < -0.39 is 14.9 Å². The summed E-state index contributed by atoms with van der Waals surface area (Å²) in [5, 5.41) is 3.49. The van der Waals surface area contributed by atoms with Gasteiger partial charge in [0.1, 0.15) is 5.58 Å². The van der Waals surface area contributed by atoms with E-state index in [9.17, 15) is 0 Å². The zero-order valence-electron chi connectivity index (χ0n) is 35.4. The molecule has 1 radical (unpaired) electrons. The monoisotopic (exact) mass is 936 g/mol. The van der Waals surface area contributed by atoms with E-state index in [4.69, 9.17) is 8.53 Å². The molecule has 283 valence electrons. The minimum atomic E-state index is -2.19. The molecule has 0 saturated carbocycles. The van der Waals surface area contributed by atoms with Crippen LogP contribution in [-0.2, 0) is 20.1 Å². The molecule has 9 rings (SSSR count). The number of hydrogen-bond donors (Lipinski definition) is 0. The average Bonchev–Trinajstić information content (AvgIpc) is 3.65. The van der Waals surface area contributed by atoms with Crippen LogP contribution < -0.4 is 5.19 Å². The molecule has 0 amide bonds. The van der Waals surface area contributed by atoms with Crippen molar-refractivity contribution in [3.05, 3.63) is 199 Å². The first-order valence-electron chi connectivity index (χ1n) is 20.5. The molecule has 0 saturated heterocycles. The molecule has 3 heterocycles. The van der Waals surface area contributed by atoms with Gasteiger partial charge >= 0.3 is 0 Å². The summed E-state index contributed by atoms with van der Waals surface area (Å²) in [5.74, 6) is 0.274. The van der Waals surface area contributed by atoms with Crippen molar-refractivity contribution in [2.75, 3.05) is 0 Å². The maximum absolute atomic E-state index is 7.84. The second-order valence-electron chi connectivity index (χ2n) is 15.1. The van der Waals surface area contributed by atoms with Gasteiger partial charge < -0.3 is 14.4 Å². The third-order valence-corrected chi connectivity index (χ3v) is 12.3. The van der Waals surface area contributed by atoms with Crippen LogP contribution in [-0.4, -0.2) is 18.0 Å². The van der Waals surface area contributed by atoms with E-state index in [1.165, 1.54) is 21.9 Å². The van der Waals surface area contributed by atoms with Gasteiger partial charge in [0.2, 0.25) is 0 Å². The summed E-state index contributed by atoms with van der Waals surface area (Å²) in [7, 11) is -1.40. The van der Waals surface area contributed by atoms with Crippen LogP contribution in [0.25, 0.3) is 66.7 Å². The first kappa shape index (κ1) is 35.7. The van der Waals surface area contributed by atoms with Gasteiger partial charge in [-0.3, -0.25) is 0 Å². The van der Waals surface area contributed by atoms with Crippen LogP contribution in [0.2, 0.25) is 19.6 Å². The summed E-state index contributed by atoms with van der Waals surface area (Å²) in [6.45, 7) is 6.90. The van der Waals surface area contributed by atoms with E-state index in [2.05, 4.69) is 146 Å². The van der Waals surface area contributed by atoms with Gasteiger partial charge in [0.15, 0.2) is 0 Å². The minimum Gasteiger partial charge on any atom is -0.501 e. The predicted octanol–water partition coefficient (Wildman–Crippen LogP) is 13.3. The van der Waals surface area contributed by atoms with Gasteiger partial charge in [-0.15, -0.1) is 47.5 Å². The summed E-state index contributed by atoms with van der Waals surface area (Å²) in [5.41, 5.74) is 11.8. The molecule has 1 atom stereocenters. The zero-order chi connectivity index (χ0) is 41.1. The Kier molecular flexibility index (Phi) is 10.8. The van der Waals surface area contributed by atoms with Gasteiger partial charge in [-0.05, 0) is 56.5 Å². The maximum atomic E-state index is 7.84. The molecule has 1 unspecified atom stereocenters. The molecule has 0 spiro atoms. The molecule has 57 heavy (non-hydrogen) atoms. The van der Waals surface area contributed by atoms with E-state index in [0.29, 0.717) is 11.1 Å². The number of furan rings is 1. The number of hydrogen-bond acceptors (Lipinski definition) is 3. The quantitative estimate of drug-likeness (QED) is 0.118. The summed E-state index contributed by atoms with van der Waals surface area (Å²) >= 11 is 0. The molecule has 9 aromatic rings. The van der Waals surface area contributed by atoms with Crippen molar-refractivity contribution in [3.63, 3.8) is 0 Å². The molecule has 3 aromatic heterocycles. The van der Waals surface area contributed by atoms with Gasteiger partial charge in [0.25, 0.3) is 0 Å². The number of pyridine rings is 2. The maximum Gasteiger partial charge on any atom is 0.121 e. The Hall–Kier alpha value is -5.71. The summed E-state index contributed by atoms with van der Waals surface area (Å²) in [4.78, 5) is 9.28. The fraction of sp³-hybridized carbons (Fsp3) is 0.115. The second kappa shape index (κ2) is 17.2. The molecular weight excluding hydrogens is 889 g/mol. The third-order valence-electron chi connectivity index (χ3n) is 10.3. The number of fused-ring (bicyclic) bond motifs is 3. The van der Waals surface area contributed by atoms with Crippen LogP contribution in [0.4, 0.5) is 0 Å². The molecule has 0 aliphatic carbocycles. The van der Waals surface area contributed by atoms with Gasteiger partial charge in [-0.2, -0.15) is 0 Å². The van der Waals surface area contributed by atoms with Gasteiger partial charge in [0, 0.05) is 47.9 Å². The van der Waals surface area contributed by atoms with Crippen molar-refractivity contribution >= 4 is 35.2 Å². The Labute approximate surface area is 355 Å². The topological polar surface area (TPSA) is 38.9 Å². The van der Waals surface area contributed by atoms with E-state index >= 15 is 0 Å². The molecular formula is C52H44IrN2OSi-2. The molecule has 0 fully saturated rings. The Balaban J connectivity index is 0.000000184. The van der Waals surface area contributed by atoms with Crippen LogP contribution in [0.5, 0.6) is 0 Å². The van der Waals surface area contributed by atoms with Crippen molar-refractivity contribution in [3.8, 4) is 44.8 Å². The van der Waals surface area contributed by atoms with Crippen molar-refractivity contribution in [2.24, 2.45) is 0 Å². The number of benzene rings is 6. The second-order valence-corrected chi connectivity index (χ2v) is 20.2. The van der Waals surface area contributed by atoms with Crippen molar-refractivity contribution in [2.45, 2.75) is 39.3 Å². The summed E-state index contributed by atoms with van der Waals surface area (Å²) in [6, 6.07) is 59.3. The van der Waals surface area contributed by atoms with Gasteiger partial charge in [-0.1, -0.05) is 171 Å². The van der Waals surface area contributed by atoms with Crippen molar-refractivity contribution in [1.29, 1.82) is 0 Å². The predicted molar refractivity (Wildman–Crippen MR) is 237 cm³/mol. The van der Waals surface area contributed by atoms with Crippen LogP contribution >= 0.6 is 0 Å². The minimum absolute atomic E-state index is 0. The summed E-state index contributed by atoms with van der Waals surface area (Å²) < 4.78 is 29.9. The normalized spacial score (nSPS) is 12.7. The Morgan fingerprint density at radius 1 is 0.649 bits per heavy atom. The largest absolute Gasteiger partial charge is 0.501 e. The number of aryl methyl sites for hydroxylation is 1.